The number of carbonyl (C=O) groups excluding carboxylic acids is 1. The molecule has 1 fully saturated rings. The summed E-state index contributed by atoms with van der Waals surface area (Å²) in [6, 6.07) is 18.6. The molecule has 27 heavy (non-hydrogen) atoms. The number of rotatable bonds is 7. The van der Waals surface area contributed by atoms with E-state index in [-0.39, 0.29) is 12.1 Å². The highest BCUT2D eigenvalue weighted by molar-refractivity contribution is 5.74. The van der Waals surface area contributed by atoms with E-state index >= 15 is 0 Å². The Hall–Kier alpha value is -2.53. The van der Waals surface area contributed by atoms with Crippen LogP contribution < -0.4 is 15.4 Å². The van der Waals surface area contributed by atoms with Gasteiger partial charge in [-0.25, -0.2) is 4.79 Å². The van der Waals surface area contributed by atoms with Crippen molar-refractivity contribution in [2.75, 3.05) is 26.7 Å². The van der Waals surface area contributed by atoms with Crippen molar-refractivity contribution in [3.05, 3.63) is 65.7 Å². The zero-order valence-electron chi connectivity index (χ0n) is 16.0. The summed E-state index contributed by atoms with van der Waals surface area (Å²) >= 11 is 0. The third-order valence-electron chi connectivity index (χ3n) is 5.04. The van der Waals surface area contributed by atoms with Crippen molar-refractivity contribution in [1.82, 2.24) is 15.5 Å². The van der Waals surface area contributed by atoms with E-state index in [0.29, 0.717) is 6.54 Å². The van der Waals surface area contributed by atoms with Gasteiger partial charge in [0.2, 0.25) is 0 Å². The lowest BCUT2D eigenvalue weighted by Crippen LogP contribution is -2.48. The van der Waals surface area contributed by atoms with Crippen molar-refractivity contribution < 1.29 is 9.53 Å². The molecule has 5 nitrogen and oxygen atoms in total. The average molecular weight is 367 g/mol. The minimum absolute atomic E-state index is 0.0774. The molecule has 1 aliphatic rings. The van der Waals surface area contributed by atoms with E-state index in [4.69, 9.17) is 4.74 Å². The molecule has 1 heterocycles. The SMILES string of the molecule is COc1ccccc1CCNC(=O)NC1CCN(Cc2ccccc2)CC1. The van der Waals surface area contributed by atoms with E-state index in [9.17, 15) is 4.79 Å². The normalized spacial score (nSPS) is 15.3. The van der Waals surface area contributed by atoms with E-state index in [0.717, 1.165) is 50.2 Å². The van der Waals surface area contributed by atoms with Gasteiger partial charge in [-0.15, -0.1) is 0 Å². The Morgan fingerprint density at radius 3 is 2.52 bits per heavy atom. The molecule has 1 saturated heterocycles. The Labute approximate surface area is 161 Å². The van der Waals surface area contributed by atoms with Crippen LogP contribution in [-0.4, -0.2) is 43.7 Å². The van der Waals surface area contributed by atoms with Gasteiger partial charge >= 0.3 is 6.03 Å². The van der Waals surface area contributed by atoms with Crippen LogP contribution in [0.15, 0.2) is 54.6 Å². The van der Waals surface area contributed by atoms with Crippen LogP contribution in [-0.2, 0) is 13.0 Å². The smallest absolute Gasteiger partial charge is 0.315 e. The fourth-order valence-electron chi connectivity index (χ4n) is 3.53. The molecule has 0 radical (unpaired) electrons. The van der Waals surface area contributed by atoms with E-state index in [1.54, 1.807) is 7.11 Å². The van der Waals surface area contributed by atoms with Crippen molar-refractivity contribution in [2.45, 2.75) is 31.8 Å². The minimum Gasteiger partial charge on any atom is -0.496 e. The quantitative estimate of drug-likeness (QED) is 0.790. The van der Waals surface area contributed by atoms with Crippen LogP contribution in [0.5, 0.6) is 5.75 Å². The van der Waals surface area contributed by atoms with Crippen molar-refractivity contribution in [1.29, 1.82) is 0 Å². The predicted molar refractivity (Wildman–Crippen MR) is 108 cm³/mol. The second-order valence-corrected chi connectivity index (χ2v) is 7.00. The number of amides is 2. The topological polar surface area (TPSA) is 53.6 Å². The monoisotopic (exact) mass is 367 g/mol. The fourth-order valence-corrected chi connectivity index (χ4v) is 3.53. The first-order valence-corrected chi connectivity index (χ1v) is 9.67. The molecule has 0 spiro atoms. The van der Waals surface area contributed by atoms with Gasteiger partial charge in [-0.3, -0.25) is 4.90 Å². The lowest BCUT2D eigenvalue weighted by molar-refractivity contribution is 0.186. The van der Waals surface area contributed by atoms with Crippen molar-refractivity contribution in [3.8, 4) is 5.75 Å². The van der Waals surface area contributed by atoms with Gasteiger partial charge in [-0.1, -0.05) is 48.5 Å². The summed E-state index contributed by atoms with van der Waals surface area (Å²) in [4.78, 5) is 14.6. The molecule has 5 heteroatoms. The highest BCUT2D eigenvalue weighted by atomic mass is 16.5. The van der Waals surface area contributed by atoms with E-state index in [1.165, 1.54) is 5.56 Å². The Morgan fingerprint density at radius 1 is 1.07 bits per heavy atom. The van der Waals surface area contributed by atoms with Gasteiger partial charge in [0.15, 0.2) is 0 Å². The second kappa shape index (κ2) is 9.97. The summed E-state index contributed by atoms with van der Waals surface area (Å²) in [7, 11) is 1.67. The maximum atomic E-state index is 12.2. The Balaban J connectivity index is 1.34. The first-order valence-electron chi connectivity index (χ1n) is 9.67. The Morgan fingerprint density at radius 2 is 1.78 bits per heavy atom. The van der Waals surface area contributed by atoms with Crippen LogP contribution in [0.3, 0.4) is 0 Å². The average Bonchev–Trinajstić information content (AvgIpc) is 2.71. The number of nitrogens with one attached hydrogen (secondary N) is 2. The minimum atomic E-state index is -0.0774. The van der Waals surface area contributed by atoms with Gasteiger partial charge in [0, 0.05) is 32.2 Å². The van der Waals surface area contributed by atoms with Crippen molar-refractivity contribution in [3.63, 3.8) is 0 Å². The zero-order chi connectivity index (χ0) is 18.9. The molecular weight excluding hydrogens is 338 g/mol. The number of piperidine rings is 1. The van der Waals surface area contributed by atoms with Crippen LogP contribution in [0.2, 0.25) is 0 Å². The summed E-state index contributed by atoms with van der Waals surface area (Å²) in [5.74, 6) is 0.866. The molecule has 1 aliphatic heterocycles. The summed E-state index contributed by atoms with van der Waals surface area (Å²) < 4.78 is 5.34. The molecule has 2 amide bonds. The molecule has 144 valence electrons. The number of methoxy groups -OCH3 is 1. The fraction of sp³-hybridized carbons (Fsp3) is 0.409. The summed E-state index contributed by atoms with van der Waals surface area (Å²) in [5.41, 5.74) is 2.45. The standard InChI is InChI=1S/C22H29N3O2/c1-27-21-10-6-5-9-19(21)11-14-23-22(26)24-20-12-15-25(16-13-20)17-18-7-3-2-4-8-18/h2-10,20H,11-17H2,1H3,(H2,23,24,26). The summed E-state index contributed by atoms with van der Waals surface area (Å²) in [5, 5.41) is 6.07. The molecule has 0 bridgehead atoms. The molecule has 0 saturated carbocycles. The molecule has 2 aromatic rings. The third kappa shape index (κ3) is 6.00. The molecule has 0 aromatic heterocycles. The number of hydrogen-bond acceptors (Lipinski definition) is 3. The molecular formula is C22H29N3O2. The van der Waals surface area contributed by atoms with Crippen LogP contribution in [0.1, 0.15) is 24.0 Å². The molecule has 0 unspecified atom stereocenters. The van der Waals surface area contributed by atoms with Crippen molar-refractivity contribution in [2.24, 2.45) is 0 Å². The summed E-state index contributed by atoms with van der Waals surface area (Å²) in [6.07, 6.45) is 2.74. The molecule has 0 atom stereocenters. The second-order valence-electron chi connectivity index (χ2n) is 7.00. The predicted octanol–water partition coefficient (Wildman–Crippen LogP) is 3.20. The van der Waals surface area contributed by atoms with E-state index in [2.05, 4.69) is 39.8 Å². The van der Waals surface area contributed by atoms with Crippen LogP contribution in [0, 0.1) is 0 Å². The lowest BCUT2D eigenvalue weighted by atomic mass is 10.0. The van der Waals surface area contributed by atoms with Crippen LogP contribution >= 0.6 is 0 Å². The van der Waals surface area contributed by atoms with Gasteiger partial charge in [0.05, 0.1) is 7.11 Å². The molecule has 2 N–H and O–H groups in total. The zero-order valence-corrected chi connectivity index (χ0v) is 16.0. The number of hydrogen-bond donors (Lipinski definition) is 2. The number of ether oxygens (including phenoxy) is 1. The van der Waals surface area contributed by atoms with Gasteiger partial charge in [-0.05, 0) is 36.5 Å². The number of nitrogens with zero attached hydrogens (tertiary/aromatic N) is 1. The largest absolute Gasteiger partial charge is 0.496 e. The van der Waals surface area contributed by atoms with E-state index in [1.807, 2.05) is 30.3 Å². The molecule has 2 aromatic carbocycles. The first kappa shape index (κ1) is 19.2. The number of benzene rings is 2. The third-order valence-corrected chi connectivity index (χ3v) is 5.04. The maximum absolute atomic E-state index is 12.2. The Kier molecular flexibility index (Phi) is 7.11. The maximum Gasteiger partial charge on any atom is 0.315 e. The number of likely N-dealkylation sites (tertiary alicyclic amines) is 1. The van der Waals surface area contributed by atoms with Gasteiger partial charge in [0.1, 0.15) is 5.75 Å². The van der Waals surface area contributed by atoms with E-state index < -0.39 is 0 Å². The Bertz CT molecular complexity index is 713. The van der Waals surface area contributed by atoms with Crippen LogP contribution in [0.25, 0.3) is 0 Å². The van der Waals surface area contributed by atoms with Gasteiger partial charge in [-0.2, -0.15) is 0 Å². The van der Waals surface area contributed by atoms with Gasteiger partial charge < -0.3 is 15.4 Å². The summed E-state index contributed by atoms with van der Waals surface area (Å²) in [6.45, 7) is 3.61. The number of para-hydroxylation sites is 1. The number of carbonyl (C=O) groups is 1. The highest BCUT2D eigenvalue weighted by Crippen LogP contribution is 2.17. The van der Waals surface area contributed by atoms with Gasteiger partial charge in [0.25, 0.3) is 0 Å². The molecule has 3 rings (SSSR count). The molecule has 0 aliphatic carbocycles. The number of urea groups is 1. The lowest BCUT2D eigenvalue weighted by Gasteiger charge is -2.32. The first-order chi connectivity index (χ1) is 13.2. The van der Waals surface area contributed by atoms with Crippen molar-refractivity contribution >= 4 is 6.03 Å². The highest BCUT2D eigenvalue weighted by Gasteiger charge is 2.20. The van der Waals surface area contributed by atoms with Crippen LogP contribution in [0.4, 0.5) is 4.79 Å².